The Morgan fingerprint density at radius 3 is 2.47 bits per heavy atom. The summed E-state index contributed by atoms with van der Waals surface area (Å²) in [6.07, 6.45) is 18.5. The third-order valence-electron chi connectivity index (χ3n) is 11.5. The van der Waals surface area contributed by atoms with E-state index in [1.54, 1.807) is 0 Å². The van der Waals surface area contributed by atoms with Gasteiger partial charge >= 0.3 is 0 Å². The van der Waals surface area contributed by atoms with Gasteiger partial charge in [-0.3, -0.25) is 9.69 Å². The van der Waals surface area contributed by atoms with Crippen LogP contribution in [0.3, 0.4) is 0 Å². The highest BCUT2D eigenvalue weighted by Crippen LogP contribution is 2.60. The molecule has 4 nitrogen and oxygen atoms in total. The third-order valence-corrected chi connectivity index (χ3v) is 11.5. The summed E-state index contributed by atoms with van der Waals surface area (Å²) in [4.78, 5) is 13.7. The number of nitrogens with one attached hydrogen (secondary N) is 1. The van der Waals surface area contributed by atoms with E-state index in [2.05, 4.69) is 22.3 Å². The number of carbonyl (C=O) groups is 1. The number of benzene rings is 1. The SMILES string of the molecule is O=Cc1ccc([C@@H](C2CCCC2)[C@@H]2C[C@@H]([C@@H]3CC[C@H]4CCC5(CCCC5)[C@@H]4N3)[C@]3(O)CN23)cc1. The maximum Gasteiger partial charge on any atom is 0.150 e. The smallest absolute Gasteiger partial charge is 0.150 e. The van der Waals surface area contributed by atoms with Crippen LogP contribution < -0.4 is 5.32 Å². The van der Waals surface area contributed by atoms with Crippen LogP contribution in [0.4, 0.5) is 0 Å². The van der Waals surface area contributed by atoms with Crippen LogP contribution in [0.25, 0.3) is 0 Å². The first kappa shape index (κ1) is 22.0. The molecule has 3 saturated heterocycles. The first-order chi connectivity index (χ1) is 16.6. The maximum absolute atomic E-state index is 11.8. The van der Waals surface area contributed by atoms with Crippen LogP contribution in [0, 0.1) is 23.2 Å². The predicted molar refractivity (Wildman–Crippen MR) is 134 cm³/mol. The van der Waals surface area contributed by atoms with E-state index in [9.17, 15) is 9.90 Å². The highest BCUT2D eigenvalue weighted by molar-refractivity contribution is 5.74. The Morgan fingerprint density at radius 1 is 0.971 bits per heavy atom. The Balaban J connectivity index is 1.14. The molecule has 1 aromatic carbocycles. The number of carbonyl (C=O) groups excluding carboxylic acids is 1. The summed E-state index contributed by atoms with van der Waals surface area (Å²) in [5, 5.41) is 16.0. The van der Waals surface area contributed by atoms with Gasteiger partial charge in [-0.05, 0) is 80.6 Å². The molecular weight excluding hydrogens is 420 g/mol. The topological polar surface area (TPSA) is 52.3 Å². The molecule has 8 atom stereocenters. The summed E-state index contributed by atoms with van der Waals surface area (Å²) >= 11 is 0. The van der Waals surface area contributed by atoms with Crippen molar-refractivity contribution in [1.82, 2.24) is 10.2 Å². The van der Waals surface area contributed by atoms with Crippen molar-refractivity contribution in [3.05, 3.63) is 35.4 Å². The van der Waals surface area contributed by atoms with Crippen LogP contribution in [0.5, 0.6) is 0 Å². The van der Waals surface area contributed by atoms with E-state index in [4.69, 9.17) is 0 Å². The molecule has 1 unspecified atom stereocenters. The fraction of sp³-hybridized carbons (Fsp3) is 0.767. The molecule has 2 N–H and O–H groups in total. The van der Waals surface area contributed by atoms with Crippen LogP contribution in [-0.4, -0.2) is 46.7 Å². The van der Waals surface area contributed by atoms with Gasteiger partial charge in [-0.15, -0.1) is 0 Å². The van der Waals surface area contributed by atoms with Gasteiger partial charge in [-0.25, -0.2) is 0 Å². The van der Waals surface area contributed by atoms with Gasteiger partial charge in [0.1, 0.15) is 12.0 Å². The molecule has 0 radical (unpaired) electrons. The van der Waals surface area contributed by atoms with Crippen molar-refractivity contribution in [3.63, 3.8) is 0 Å². The molecule has 3 heterocycles. The minimum absolute atomic E-state index is 0.357. The Hall–Kier alpha value is -1.23. The Kier molecular flexibility index (Phi) is 5.27. The number of piperidine rings is 2. The molecule has 4 heteroatoms. The first-order valence-electron chi connectivity index (χ1n) is 14.4. The number of rotatable bonds is 5. The molecule has 3 aliphatic carbocycles. The van der Waals surface area contributed by atoms with Crippen molar-refractivity contribution >= 4 is 6.29 Å². The van der Waals surface area contributed by atoms with Crippen LogP contribution in [0.2, 0.25) is 0 Å². The average Bonchev–Trinajstić information content (AvgIpc) is 3.41. The second kappa shape index (κ2) is 8.15. The van der Waals surface area contributed by atoms with E-state index in [1.165, 1.54) is 82.6 Å². The zero-order valence-corrected chi connectivity index (χ0v) is 20.6. The second-order valence-corrected chi connectivity index (χ2v) is 13.0. The van der Waals surface area contributed by atoms with Gasteiger partial charge in [0.25, 0.3) is 0 Å². The molecule has 0 bridgehead atoms. The van der Waals surface area contributed by atoms with E-state index in [0.717, 1.165) is 30.7 Å². The Morgan fingerprint density at radius 2 is 1.74 bits per heavy atom. The summed E-state index contributed by atoms with van der Waals surface area (Å²) in [5.74, 6) is 2.41. The highest BCUT2D eigenvalue weighted by atomic mass is 16.3. The average molecular weight is 463 g/mol. The lowest BCUT2D eigenvalue weighted by Gasteiger charge is -2.44. The standard InChI is InChI=1S/C30H42N2O2/c33-18-20-7-9-22(10-8-20)27(21-5-1-2-6-21)26-17-24(30(34)19-32(26)30)25-12-11-23-13-16-29(28(23)31-25)14-3-4-15-29/h7-10,18,21,23-28,31,34H,1-6,11-17,19H2/t23-,24-,25-,26-,27+,28+,30+,32?/m0/s1. The van der Waals surface area contributed by atoms with Crippen LogP contribution >= 0.6 is 0 Å². The fourth-order valence-corrected chi connectivity index (χ4v) is 9.86. The number of aldehydes is 1. The first-order valence-corrected chi connectivity index (χ1v) is 14.4. The predicted octanol–water partition coefficient (Wildman–Crippen LogP) is 5.26. The molecule has 6 aliphatic rings. The lowest BCUT2D eigenvalue weighted by Crippen LogP contribution is -2.56. The Labute approximate surface area is 204 Å². The van der Waals surface area contributed by atoms with Crippen molar-refractivity contribution in [3.8, 4) is 0 Å². The van der Waals surface area contributed by atoms with Crippen molar-refractivity contribution in [2.45, 2.75) is 113 Å². The number of aliphatic hydroxyl groups is 1. The molecule has 0 aromatic heterocycles. The molecule has 34 heavy (non-hydrogen) atoms. The zero-order valence-electron chi connectivity index (χ0n) is 20.6. The van der Waals surface area contributed by atoms with E-state index in [1.807, 2.05) is 12.1 Å². The van der Waals surface area contributed by atoms with Crippen molar-refractivity contribution < 1.29 is 9.90 Å². The molecule has 3 aliphatic heterocycles. The number of fused-ring (bicyclic) bond motifs is 3. The van der Waals surface area contributed by atoms with Gasteiger partial charge in [0.05, 0.1) is 0 Å². The summed E-state index contributed by atoms with van der Waals surface area (Å²) in [5.41, 5.74) is 2.13. The quantitative estimate of drug-likeness (QED) is 0.463. The molecule has 6 fully saturated rings. The minimum Gasteiger partial charge on any atom is -0.374 e. The van der Waals surface area contributed by atoms with Gasteiger partial charge in [0.2, 0.25) is 0 Å². The normalized spacial score (nSPS) is 43.7. The molecule has 0 amide bonds. The number of hydrogen-bond acceptors (Lipinski definition) is 4. The maximum atomic E-state index is 11.8. The van der Waals surface area contributed by atoms with Gasteiger partial charge < -0.3 is 10.4 Å². The summed E-state index contributed by atoms with van der Waals surface area (Å²) in [7, 11) is 0. The summed E-state index contributed by atoms with van der Waals surface area (Å²) < 4.78 is 0. The third kappa shape index (κ3) is 3.31. The van der Waals surface area contributed by atoms with Crippen molar-refractivity contribution in [2.75, 3.05) is 6.54 Å². The molecule has 184 valence electrons. The van der Waals surface area contributed by atoms with Crippen molar-refractivity contribution in [2.24, 2.45) is 23.2 Å². The minimum atomic E-state index is -0.587. The number of nitrogens with zero attached hydrogens (tertiary/aromatic N) is 1. The van der Waals surface area contributed by atoms with E-state index in [0.29, 0.717) is 41.3 Å². The lowest BCUT2D eigenvalue weighted by atomic mass is 9.72. The van der Waals surface area contributed by atoms with Gasteiger partial charge in [-0.2, -0.15) is 0 Å². The lowest BCUT2D eigenvalue weighted by molar-refractivity contribution is 0.0240. The van der Waals surface area contributed by atoms with E-state index < -0.39 is 5.72 Å². The largest absolute Gasteiger partial charge is 0.374 e. The molecular formula is C30H42N2O2. The van der Waals surface area contributed by atoms with Gasteiger partial charge in [0.15, 0.2) is 0 Å². The molecule has 1 spiro atoms. The van der Waals surface area contributed by atoms with Crippen LogP contribution in [0.1, 0.15) is 105 Å². The zero-order chi connectivity index (χ0) is 22.9. The molecule has 3 saturated carbocycles. The van der Waals surface area contributed by atoms with Gasteiger partial charge in [-0.1, -0.05) is 49.9 Å². The summed E-state index contributed by atoms with van der Waals surface area (Å²) in [6.45, 7) is 0.857. The van der Waals surface area contributed by atoms with Crippen molar-refractivity contribution in [1.29, 1.82) is 0 Å². The molecule has 1 aromatic rings. The Bertz CT molecular complexity index is 918. The van der Waals surface area contributed by atoms with E-state index in [-0.39, 0.29) is 0 Å². The van der Waals surface area contributed by atoms with E-state index >= 15 is 0 Å². The number of hydrogen-bond donors (Lipinski definition) is 2. The summed E-state index contributed by atoms with van der Waals surface area (Å²) in [6, 6.07) is 10.00. The second-order valence-electron chi connectivity index (χ2n) is 13.0. The van der Waals surface area contributed by atoms with Gasteiger partial charge in [0, 0.05) is 42.1 Å². The monoisotopic (exact) mass is 462 g/mol. The van der Waals surface area contributed by atoms with Crippen LogP contribution in [-0.2, 0) is 0 Å². The highest BCUT2D eigenvalue weighted by Gasteiger charge is 2.68. The fourth-order valence-electron chi connectivity index (χ4n) is 9.86. The van der Waals surface area contributed by atoms with Crippen LogP contribution in [0.15, 0.2) is 24.3 Å². The molecule has 7 rings (SSSR count).